The standard InChI is InChI=1S/C4H9Cl2N.C4H4ClNS/c1-2-3(5)4(6)7;1-3-2-4(5)6-7-3/h3-4H,2,7H2,1H3;2H,1H3. The first-order chi connectivity index (χ1) is 6.47. The van der Waals surface area contributed by atoms with E-state index in [0.717, 1.165) is 11.3 Å². The average Bonchev–Trinajstić information content (AvgIpc) is 2.49. The summed E-state index contributed by atoms with van der Waals surface area (Å²) in [4.78, 5) is 1.16. The second kappa shape index (κ2) is 7.71. The molecule has 0 aromatic carbocycles. The van der Waals surface area contributed by atoms with Crippen molar-refractivity contribution in [3.63, 3.8) is 0 Å². The monoisotopic (exact) mass is 274 g/mol. The van der Waals surface area contributed by atoms with Gasteiger partial charge < -0.3 is 5.73 Å². The van der Waals surface area contributed by atoms with Gasteiger partial charge in [-0.15, -0.1) is 23.2 Å². The molecular formula is C8H13Cl3N2S. The van der Waals surface area contributed by atoms with Gasteiger partial charge in [0.25, 0.3) is 0 Å². The van der Waals surface area contributed by atoms with E-state index in [4.69, 9.17) is 40.5 Å². The van der Waals surface area contributed by atoms with Crippen LogP contribution < -0.4 is 5.73 Å². The lowest BCUT2D eigenvalue weighted by Crippen LogP contribution is -2.23. The largest absolute Gasteiger partial charge is 0.314 e. The second-order valence-corrected chi connectivity index (χ2v) is 5.09. The van der Waals surface area contributed by atoms with E-state index in [-0.39, 0.29) is 5.38 Å². The van der Waals surface area contributed by atoms with E-state index < -0.39 is 5.50 Å². The van der Waals surface area contributed by atoms with Crippen molar-refractivity contribution in [3.05, 3.63) is 16.1 Å². The van der Waals surface area contributed by atoms with Gasteiger partial charge in [0.05, 0.1) is 10.9 Å². The van der Waals surface area contributed by atoms with Gasteiger partial charge in [-0.05, 0) is 30.9 Å². The summed E-state index contributed by atoms with van der Waals surface area (Å²) in [5.74, 6) is 0. The van der Waals surface area contributed by atoms with Crippen molar-refractivity contribution in [3.8, 4) is 0 Å². The third kappa shape index (κ3) is 6.85. The highest BCUT2D eigenvalue weighted by molar-refractivity contribution is 7.06. The van der Waals surface area contributed by atoms with Crippen LogP contribution in [-0.2, 0) is 0 Å². The average molecular weight is 276 g/mol. The van der Waals surface area contributed by atoms with Crippen molar-refractivity contribution in [2.24, 2.45) is 5.73 Å². The third-order valence-electron chi connectivity index (χ3n) is 1.33. The van der Waals surface area contributed by atoms with Gasteiger partial charge in [-0.1, -0.05) is 18.5 Å². The smallest absolute Gasteiger partial charge is 0.143 e. The number of hydrogen-bond acceptors (Lipinski definition) is 3. The molecule has 1 rings (SSSR count). The molecule has 0 radical (unpaired) electrons. The topological polar surface area (TPSA) is 38.9 Å². The lowest BCUT2D eigenvalue weighted by Gasteiger charge is -2.05. The van der Waals surface area contributed by atoms with Crippen molar-refractivity contribution in [2.75, 3.05) is 0 Å². The van der Waals surface area contributed by atoms with Gasteiger partial charge in [-0.25, -0.2) is 0 Å². The van der Waals surface area contributed by atoms with Crippen LogP contribution in [0.3, 0.4) is 0 Å². The molecular weight excluding hydrogens is 263 g/mol. The van der Waals surface area contributed by atoms with Crippen LogP contribution in [0.5, 0.6) is 0 Å². The number of rotatable bonds is 2. The van der Waals surface area contributed by atoms with Crippen molar-refractivity contribution in [2.45, 2.75) is 31.1 Å². The number of alkyl halides is 2. The van der Waals surface area contributed by atoms with E-state index in [2.05, 4.69) is 4.37 Å². The van der Waals surface area contributed by atoms with Crippen molar-refractivity contribution in [1.82, 2.24) is 4.37 Å². The number of aromatic nitrogens is 1. The van der Waals surface area contributed by atoms with Gasteiger partial charge in [-0.2, -0.15) is 4.37 Å². The minimum Gasteiger partial charge on any atom is -0.314 e. The van der Waals surface area contributed by atoms with E-state index in [1.807, 2.05) is 19.9 Å². The molecule has 2 N–H and O–H groups in total. The molecule has 6 heteroatoms. The SMILES string of the molecule is CCC(Cl)C(N)Cl.Cc1cc(Cl)ns1. The molecule has 0 aliphatic heterocycles. The van der Waals surface area contributed by atoms with Crippen LogP contribution in [0.1, 0.15) is 18.2 Å². The number of aryl methyl sites for hydroxylation is 1. The fourth-order valence-corrected chi connectivity index (χ4v) is 1.52. The molecule has 2 atom stereocenters. The summed E-state index contributed by atoms with van der Waals surface area (Å²) in [5, 5.41) is 0.518. The summed E-state index contributed by atoms with van der Waals surface area (Å²) >= 11 is 17.8. The van der Waals surface area contributed by atoms with Gasteiger partial charge in [0.2, 0.25) is 0 Å². The van der Waals surface area contributed by atoms with Crippen molar-refractivity contribution >= 4 is 46.3 Å². The Bertz CT molecular complexity index is 236. The van der Waals surface area contributed by atoms with Crippen LogP contribution in [0.15, 0.2) is 6.07 Å². The fraction of sp³-hybridized carbons (Fsp3) is 0.625. The predicted molar refractivity (Wildman–Crippen MR) is 65.6 cm³/mol. The highest BCUT2D eigenvalue weighted by Gasteiger charge is 2.06. The zero-order valence-electron chi connectivity index (χ0n) is 8.01. The first kappa shape index (κ1) is 14.5. The minimum absolute atomic E-state index is 0.0818. The molecule has 14 heavy (non-hydrogen) atoms. The Morgan fingerprint density at radius 2 is 2.14 bits per heavy atom. The third-order valence-corrected chi connectivity index (χ3v) is 3.34. The van der Waals surface area contributed by atoms with Crippen LogP contribution in [0, 0.1) is 6.92 Å². The van der Waals surface area contributed by atoms with Gasteiger partial charge >= 0.3 is 0 Å². The van der Waals surface area contributed by atoms with Crippen molar-refractivity contribution < 1.29 is 0 Å². The molecule has 0 saturated heterocycles. The minimum atomic E-state index is -0.397. The van der Waals surface area contributed by atoms with E-state index in [1.165, 1.54) is 11.5 Å². The molecule has 0 saturated carbocycles. The van der Waals surface area contributed by atoms with Crippen LogP contribution in [0.25, 0.3) is 0 Å². The lowest BCUT2D eigenvalue weighted by molar-refractivity contribution is 0.766. The lowest BCUT2D eigenvalue weighted by atomic mass is 10.3. The Labute approximate surface area is 104 Å². The van der Waals surface area contributed by atoms with Crippen LogP contribution in [0.2, 0.25) is 5.15 Å². The molecule has 0 aliphatic rings. The molecule has 82 valence electrons. The van der Waals surface area contributed by atoms with E-state index in [9.17, 15) is 0 Å². The molecule has 1 aromatic heterocycles. The Balaban J connectivity index is 0.000000241. The summed E-state index contributed by atoms with van der Waals surface area (Å²) < 4.78 is 3.82. The van der Waals surface area contributed by atoms with Crippen LogP contribution >= 0.6 is 46.3 Å². The molecule has 0 spiro atoms. The highest BCUT2D eigenvalue weighted by atomic mass is 35.5. The molecule has 1 heterocycles. The van der Waals surface area contributed by atoms with E-state index >= 15 is 0 Å². The Hall–Kier alpha value is 0.460. The summed E-state index contributed by atoms with van der Waals surface area (Å²) in [6.07, 6.45) is 0.826. The van der Waals surface area contributed by atoms with Gasteiger partial charge in [0.1, 0.15) is 5.15 Å². The molecule has 1 aromatic rings. The number of halogens is 3. The van der Waals surface area contributed by atoms with Crippen molar-refractivity contribution in [1.29, 1.82) is 0 Å². The van der Waals surface area contributed by atoms with Crippen LogP contribution in [0.4, 0.5) is 0 Å². The quantitative estimate of drug-likeness (QED) is 0.661. The molecule has 2 nitrogen and oxygen atoms in total. The second-order valence-electron chi connectivity index (χ2n) is 2.63. The predicted octanol–water partition coefficient (Wildman–Crippen LogP) is 3.63. The fourth-order valence-electron chi connectivity index (χ4n) is 0.561. The van der Waals surface area contributed by atoms with E-state index in [1.54, 1.807) is 0 Å². The van der Waals surface area contributed by atoms with Gasteiger partial charge in [-0.3, -0.25) is 0 Å². The Morgan fingerprint density at radius 3 is 2.21 bits per heavy atom. The normalized spacial score (nSPS) is 14.1. The summed E-state index contributed by atoms with van der Waals surface area (Å²) in [6, 6.07) is 1.84. The molecule has 0 amide bonds. The first-order valence-corrected chi connectivity index (χ1v) is 6.12. The number of nitrogens with zero attached hydrogens (tertiary/aromatic N) is 1. The Morgan fingerprint density at radius 1 is 1.57 bits per heavy atom. The molecule has 0 aliphatic carbocycles. The molecule has 0 fully saturated rings. The molecule has 2 unspecified atom stereocenters. The Kier molecular flexibility index (Phi) is 7.97. The molecule has 0 bridgehead atoms. The maximum atomic E-state index is 5.54. The van der Waals surface area contributed by atoms with Gasteiger partial charge in [0, 0.05) is 4.88 Å². The maximum absolute atomic E-state index is 5.54. The summed E-state index contributed by atoms with van der Waals surface area (Å²) in [5.41, 5.74) is 4.78. The van der Waals surface area contributed by atoms with Gasteiger partial charge in [0.15, 0.2) is 0 Å². The number of hydrogen-bond donors (Lipinski definition) is 1. The van der Waals surface area contributed by atoms with Crippen LogP contribution in [-0.4, -0.2) is 15.3 Å². The first-order valence-electron chi connectivity index (χ1n) is 4.10. The highest BCUT2D eigenvalue weighted by Crippen LogP contribution is 2.11. The zero-order valence-corrected chi connectivity index (χ0v) is 11.1. The van der Waals surface area contributed by atoms with E-state index in [0.29, 0.717) is 5.15 Å². The summed E-state index contributed by atoms with van der Waals surface area (Å²) in [7, 11) is 0. The zero-order chi connectivity index (χ0) is 11.1. The summed E-state index contributed by atoms with van der Waals surface area (Å²) in [6.45, 7) is 3.92. The maximum Gasteiger partial charge on any atom is 0.143 e. The number of nitrogens with two attached hydrogens (primary N) is 1.